The van der Waals surface area contributed by atoms with E-state index in [1.807, 2.05) is 0 Å². The molecule has 2 nitrogen and oxygen atoms in total. The molecule has 2 aromatic carbocycles. The third-order valence-electron chi connectivity index (χ3n) is 9.25. The standard InChI is InChI=1S/C33H45N2.BF4/c1-26(2)23-30(32(17-11-18-32)28-13-7-5-8-14-28)34-21-22-35(25-34)31(24-27(3)4)33(19-12-20-33)29-15-9-6-10-16-29;2-1(3,4)5/h5-10,13-16,21-22,25-27,30-31H,11-12,17-20,23-24H2,1-4H3;/q+1;-1. The Bertz CT molecular complexity index is 1090. The van der Waals surface area contributed by atoms with Gasteiger partial charge in [0, 0.05) is 10.8 Å². The zero-order valence-corrected chi connectivity index (χ0v) is 24.5. The lowest BCUT2D eigenvalue weighted by Gasteiger charge is -2.47. The number of imidazole rings is 1. The molecule has 218 valence electrons. The zero-order chi connectivity index (χ0) is 29.0. The smallest absolute Gasteiger partial charge is 0.418 e. The lowest BCUT2D eigenvalue weighted by Crippen LogP contribution is -2.54. The first-order valence-corrected chi connectivity index (χ1v) is 15.0. The molecule has 0 saturated heterocycles. The molecule has 0 N–H and O–H groups in total. The molecule has 3 aromatic rings. The molecule has 2 saturated carbocycles. The van der Waals surface area contributed by atoms with Gasteiger partial charge in [0.2, 0.25) is 6.33 Å². The van der Waals surface area contributed by atoms with Gasteiger partial charge in [0.1, 0.15) is 24.5 Å². The normalized spacial score (nSPS) is 19.2. The maximum absolute atomic E-state index is 9.75. The number of hydrogen-bond acceptors (Lipinski definition) is 0. The third-order valence-corrected chi connectivity index (χ3v) is 9.25. The Labute approximate surface area is 237 Å². The van der Waals surface area contributed by atoms with Crippen molar-refractivity contribution in [1.82, 2.24) is 4.57 Å². The van der Waals surface area contributed by atoms with Gasteiger partial charge < -0.3 is 17.3 Å². The van der Waals surface area contributed by atoms with Gasteiger partial charge in [-0.1, -0.05) is 101 Å². The summed E-state index contributed by atoms with van der Waals surface area (Å²) in [5.74, 6) is 1.34. The van der Waals surface area contributed by atoms with Crippen LogP contribution in [0, 0.1) is 11.8 Å². The number of hydrogen-bond donors (Lipinski definition) is 0. The van der Waals surface area contributed by atoms with Gasteiger partial charge in [-0.25, -0.2) is 9.13 Å². The fraction of sp³-hybridized carbons (Fsp3) is 0.545. The van der Waals surface area contributed by atoms with E-state index in [0.717, 1.165) is 0 Å². The summed E-state index contributed by atoms with van der Waals surface area (Å²) in [6.45, 7) is 9.56. The van der Waals surface area contributed by atoms with Crippen LogP contribution in [-0.2, 0) is 10.8 Å². The number of halogens is 4. The number of nitrogens with zero attached hydrogens (tertiary/aromatic N) is 2. The van der Waals surface area contributed by atoms with E-state index in [-0.39, 0.29) is 10.8 Å². The molecule has 1 aromatic heterocycles. The number of rotatable bonds is 10. The SMILES string of the molecule is CC(C)CC(n1cc[n+](C(CC(C)C)C2(c3ccccc3)CCC2)c1)C1(c2ccccc2)CCC1.F[B-](F)(F)F. The summed E-state index contributed by atoms with van der Waals surface area (Å²) >= 11 is 0. The van der Waals surface area contributed by atoms with Crippen molar-refractivity contribution in [2.24, 2.45) is 11.8 Å². The Morgan fingerprint density at radius 2 is 1.18 bits per heavy atom. The van der Waals surface area contributed by atoms with Gasteiger partial charge in [-0.15, -0.1) is 0 Å². The first-order chi connectivity index (χ1) is 18.9. The van der Waals surface area contributed by atoms with Gasteiger partial charge in [-0.05, 0) is 61.5 Å². The highest BCUT2D eigenvalue weighted by Crippen LogP contribution is 2.54. The Morgan fingerprint density at radius 1 is 0.725 bits per heavy atom. The van der Waals surface area contributed by atoms with Crippen molar-refractivity contribution in [2.45, 2.75) is 102 Å². The van der Waals surface area contributed by atoms with Crippen LogP contribution in [0.5, 0.6) is 0 Å². The summed E-state index contributed by atoms with van der Waals surface area (Å²) in [7, 11) is -6.00. The number of aromatic nitrogens is 2. The van der Waals surface area contributed by atoms with Crippen LogP contribution in [0.25, 0.3) is 0 Å². The summed E-state index contributed by atoms with van der Waals surface area (Å²) in [6.07, 6.45) is 17.6. The molecule has 0 bridgehead atoms. The molecule has 7 heteroatoms. The Kier molecular flexibility index (Phi) is 9.52. The zero-order valence-electron chi connectivity index (χ0n) is 24.5. The van der Waals surface area contributed by atoms with E-state index >= 15 is 0 Å². The molecule has 2 aliphatic carbocycles. The molecule has 1 heterocycles. The average Bonchev–Trinajstić information content (AvgIpc) is 3.31. The molecule has 2 fully saturated rings. The molecule has 2 unspecified atom stereocenters. The lowest BCUT2D eigenvalue weighted by molar-refractivity contribution is -0.735. The van der Waals surface area contributed by atoms with E-state index in [0.29, 0.717) is 23.9 Å². The highest BCUT2D eigenvalue weighted by atomic mass is 19.5. The minimum atomic E-state index is -6.00. The summed E-state index contributed by atoms with van der Waals surface area (Å²) in [5, 5.41) is 0. The van der Waals surface area contributed by atoms with E-state index in [2.05, 4.69) is 116 Å². The first kappa shape index (κ1) is 30.4. The second kappa shape index (κ2) is 12.5. The second-order valence-electron chi connectivity index (χ2n) is 12.8. The molecule has 5 rings (SSSR count). The minimum absolute atomic E-state index is 0.267. The minimum Gasteiger partial charge on any atom is -0.418 e. The molecule has 0 aliphatic heterocycles. The largest absolute Gasteiger partial charge is 0.673 e. The fourth-order valence-corrected chi connectivity index (χ4v) is 7.20. The highest BCUT2D eigenvalue weighted by Gasteiger charge is 2.51. The molecule has 2 aliphatic rings. The van der Waals surface area contributed by atoms with Crippen LogP contribution in [-0.4, -0.2) is 11.8 Å². The van der Waals surface area contributed by atoms with Gasteiger partial charge in [-0.3, -0.25) is 0 Å². The summed E-state index contributed by atoms with van der Waals surface area (Å²) < 4.78 is 44.2. The monoisotopic (exact) mass is 556 g/mol. The predicted octanol–water partition coefficient (Wildman–Crippen LogP) is 9.49. The summed E-state index contributed by atoms with van der Waals surface area (Å²) in [5.41, 5.74) is 3.61. The van der Waals surface area contributed by atoms with Gasteiger partial charge in [-0.2, -0.15) is 0 Å². The molecule has 40 heavy (non-hydrogen) atoms. The van der Waals surface area contributed by atoms with Crippen LogP contribution in [0.1, 0.15) is 102 Å². The van der Waals surface area contributed by atoms with Crippen molar-refractivity contribution in [3.63, 3.8) is 0 Å². The third kappa shape index (κ3) is 6.83. The van der Waals surface area contributed by atoms with Crippen molar-refractivity contribution >= 4 is 7.25 Å². The Hall–Kier alpha value is -2.57. The maximum atomic E-state index is 9.75. The van der Waals surface area contributed by atoms with Gasteiger partial charge in [0.25, 0.3) is 0 Å². The van der Waals surface area contributed by atoms with Gasteiger partial charge in [0.15, 0.2) is 0 Å². The van der Waals surface area contributed by atoms with Crippen LogP contribution in [0.4, 0.5) is 17.3 Å². The van der Waals surface area contributed by atoms with E-state index in [1.54, 1.807) is 0 Å². The van der Waals surface area contributed by atoms with Crippen molar-refractivity contribution < 1.29 is 21.8 Å². The molecule has 0 spiro atoms. The van der Waals surface area contributed by atoms with Crippen LogP contribution < -0.4 is 4.57 Å². The van der Waals surface area contributed by atoms with Crippen molar-refractivity contribution in [3.8, 4) is 0 Å². The van der Waals surface area contributed by atoms with Crippen LogP contribution in [0.2, 0.25) is 0 Å². The molecular weight excluding hydrogens is 511 g/mol. The molecule has 2 atom stereocenters. The Balaban J connectivity index is 0.000000681. The number of benzene rings is 2. The quantitative estimate of drug-likeness (QED) is 0.134. The molecule has 0 amide bonds. The maximum Gasteiger partial charge on any atom is 0.673 e. The van der Waals surface area contributed by atoms with Crippen LogP contribution >= 0.6 is 0 Å². The predicted molar refractivity (Wildman–Crippen MR) is 156 cm³/mol. The fourth-order valence-electron chi connectivity index (χ4n) is 7.20. The average molecular weight is 557 g/mol. The second-order valence-corrected chi connectivity index (χ2v) is 12.8. The van der Waals surface area contributed by atoms with Crippen molar-refractivity contribution in [1.29, 1.82) is 0 Å². The van der Waals surface area contributed by atoms with Gasteiger partial charge >= 0.3 is 7.25 Å². The van der Waals surface area contributed by atoms with Crippen molar-refractivity contribution in [3.05, 3.63) is 90.5 Å². The summed E-state index contributed by atoms with van der Waals surface area (Å²) in [4.78, 5) is 0. The first-order valence-electron chi connectivity index (χ1n) is 15.0. The van der Waals surface area contributed by atoms with Crippen LogP contribution in [0.3, 0.4) is 0 Å². The van der Waals surface area contributed by atoms with E-state index in [1.165, 1.54) is 62.5 Å². The lowest BCUT2D eigenvalue weighted by atomic mass is 9.58. The highest BCUT2D eigenvalue weighted by molar-refractivity contribution is 6.50. The molecule has 0 radical (unpaired) electrons. The van der Waals surface area contributed by atoms with Gasteiger partial charge in [0.05, 0.1) is 0 Å². The summed E-state index contributed by atoms with van der Waals surface area (Å²) in [6, 6.07) is 23.8. The topological polar surface area (TPSA) is 8.81 Å². The van der Waals surface area contributed by atoms with Crippen molar-refractivity contribution in [2.75, 3.05) is 0 Å². The van der Waals surface area contributed by atoms with Crippen LogP contribution in [0.15, 0.2) is 79.4 Å². The van der Waals surface area contributed by atoms with E-state index < -0.39 is 7.25 Å². The molecular formula is C33H45BF4N2. The van der Waals surface area contributed by atoms with E-state index in [9.17, 15) is 17.3 Å². The Morgan fingerprint density at radius 3 is 1.57 bits per heavy atom. The van der Waals surface area contributed by atoms with E-state index in [4.69, 9.17) is 0 Å².